The monoisotopic (exact) mass is 350 g/mol. The van der Waals surface area contributed by atoms with Crippen LogP contribution in [0.3, 0.4) is 0 Å². The van der Waals surface area contributed by atoms with Crippen LogP contribution in [0, 0.1) is 6.92 Å². The maximum Gasteiger partial charge on any atom is 0.341 e. The molecule has 24 heavy (non-hydrogen) atoms. The summed E-state index contributed by atoms with van der Waals surface area (Å²) >= 11 is 6.47. The van der Waals surface area contributed by atoms with Gasteiger partial charge in [-0.1, -0.05) is 11.6 Å². The number of aromatic carboxylic acids is 1. The molecule has 3 rings (SSSR count). The van der Waals surface area contributed by atoms with Gasteiger partial charge in [-0.05, 0) is 33.0 Å². The van der Waals surface area contributed by atoms with Crippen LogP contribution in [-0.2, 0) is 0 Å². The van der Waals surface area contributed by atoms with Gasteiger partial charge in [0.25, 0.3) is 0 Å². The number of nitrogens with zero attached hydrogens (tertiary/aromatic N) is 3. The summed E-state index contributed by atoms with van der Waals surface area (Å²) in [5, 5.41) is 9.73. The summed E-state index contributed by atoms with van der Waals surface area (Å²) in [6.45, 7) is 3.36. The number of carbonyl (C=O) groups is 1. The molecule has 1 unspecified atom stereocenters. The molecule has 2 aromatic rings. The van der Waals surface area contributed by atoms with E-state index < -0.39 is 11.4 Å². The molecule has 1 aliphatic rings. The first-order chi connectivity index (χ1) is 11.3. The van der Waals surface area contributed by atoms with Gasteiger partial charge in [0, 0.05) is 25.3 Å². The van der Waals surface area contributed by atoms with Crippen LogP contribution < -0.4 is 10.3 Å². The Bertz CT molecular complexity index is 878. The van der Waals surface area contributed by atoms with E-state index in [2.05, 4.69) is 19.8 Å². The van der Waals surface area contributed by atoms with Gasteiger partial charge in [-0.3, -0.25) is 4.79 Å². The fraction of sp³-hybridized carbons (Fsp3) is 0.438. The number of carboxylic acids is 1. The zero-order valence-electron chi connectivity index (χ0n) is 13.8. The number of H-pyrrole nitrogens is 1. The molecular weight excluding hydrogens is 332 g/mol. The van der Waals surface area contributed by atoms with Gasteiger partial charge in [0.15, 0.2) is 0 Å². The number of aromatic nitrogens is 2. The van der Waals surface area contributed by atoms with E-state index in [0.29, 0.717) is 28.1 Å². The van der Waals surface area contributed by atoms with Crippen LogP contribution >= 0.6 is 11.6 Å². The number of aromatic amines is 1. The van der Waals surface area contributed by atoms with Gasteiger partial charge in [0.05, 0.1) is 10.4 Å². The van der Waals surface area contributed by atoms with Crippen molar-refractivity contribution in [3.05, 3.63) is 32.6 Å². The van der Waals surface area contributed by atoms with Crippen molar-refractivity contribution in [1.29, 1.82) is 0 Å². The average Bonchev–Trinajstić information content (AvgIpc) is 3.00. The van der Waals surface area contributed by atoms with Gasteiger partial charge in [-0.2, -0.15) is 0 Å². The lowest BCUT2D eigenvalue weighted by Gasteiger charge is -2.22. The summed E-state index contributed by atoms with van der Waals surface area (Å²) in [5.74, 6) is -0.643. The maximum atomic E-state index is 12.4. The van der Waals surface area contributed by atoms with E-state index in [1.54, 1.807) is 6.92 Å². The first kappa shape index (κ1) is 16.7. The highest BCUT2D eigenvalue weighted by Gasteiger charge is 2.28. The van der Waals surface area contributed by atoms with E-state index in [-0.39, 0.29) is 10.9 Å². The predicted octanol–water partition coefficient (Wildman–Crippen LogP) is 1.72. The Labute approximate surface area is 143 Å². The minimum atomic E-state index is -1.27. The number of carboxylic acid groups (broad SMARTS) is 1. The van der Waals surface area contributed by atoms with Gasteiger partial charge in [0.2, 0.25) is 5.43 Å². The second-order valence-corrected chi connectivity index (χ2v) is 6.66. The van der Waals surface area contributed by atoms with Crippen LogP contribution in [0.4, 0.5) is 5.82 Å². The van der Waals surface area contributed by atoms with Crippen LogP contribution in [0.25, 0.3) is 11.0 Å². The fourth-order valence-corrected chi connectivity index (χ4v) is 3.37. The lowest BCUT2D eigenvalue weighted by Crippen LogP contribution is -2.32. The van der Waals surface area contributed by atoms with Crippen molar-refractivity contribution >= 4 is 34.4 Å². The average molecular weight is 351 g/mol. The Morgan fingerprint density at radius 1 is 1.50 bits per heavy atom. The Balaban J connectivity index is 2.13. The van der Waals surface area contributed by atoms with Gasteiger partial charge in [0.1, 0.15) is 17.0 Å². The summed E-state index contributed by atoms with van der Waals surface area (Å²) < 4.78 is 0. The summed E-state index contributed by atoms with van der Waals surface area (Å²) in [7, 11) is 4.08. The number of rotatable bonds is 3. The Kier molecular flexibility index (Phi) is 4.23. The molecule has 0 amide bonds. The van der Waals surface area contributed by atoms with E-state index in [4.69, 9.17) is 16.7 Å². The number of pyridine rings is 2. The lowest BCUT2D eigenvalue weighted by atomic mass is 10.1. The van der Waals surface area contributed by atoms with Crippen molar-refractivity contribution in [2.24, 2.45) is 0 Å². The Morgan fingerprint density at radius 2 is 2.21 bits per heavy atom. The number of fused-ring (bicyclic) bond motifs is 1. The van der Waals surface area contributed by atoms with Gasteiger partial charge in [-0.25, -0.2) is 9.78 Å². The Morgan fingerprint density at radius 3 is 2.79 bits per heavy atom. The summed E-state index contributed by atoms with van der Waals surface area (Å²) in [6.07, 6.45) is 2.19. The van der Waals surface area contributed by atoms with Gasteiger partial charge in [-0.15, -0.1) is 0 Å². The minimum absolute atomic E-state index is 0.229. The normalized spacial score (nSPS) is 17.9. The molecule has 128 valence electrons. The van der Waals surface area contributed by atoms with Crippen LogP contribution in [0.2, 0.25) is 5.02 Å². The zero-order valence-corrected chi connectivity index (χ0v) is 14.5. The first-order valence-electron chi connectivity index (χ1n) is 7.67. The molecule has 1 aliphatic heterocycles. The number of hydrogen-bond acceptors (Lipinski definition) is 5. The lowest BCUT2D eigenvalue weighted by molar-refractivity contribution is 0.0695. The van der Waals surface area contributed by atoms with E-state index in [9.17, 15) is 9.59 Å². The van der Waals surface area contributed by atoms with Crippen molar-refractivity contribution in [2.45, 2.75) is 19.4 Å². The number of aryl methyl sites for hydroxylation is 1. The van der Waals surface area contributed by atoms with Crippen LogP contribution in [-0.4, -0.2) is 59.2 Å². The molecule has 1 atom stereocenters. The summed E-state index contributed by atoms with van der Waals surface area (Å²) in [5.41, 5.74) is 0.0249. The van der Waals surface area contributed by atoms with Gasteiger partial charge >= 0.3 is 5.97 Å². The smallest absolute Gasteiger partial charge is 0.341 e. The molecule has 0 bridgehead atoms. The van der Waals surface area contributed by atoms with Crippen molar-refractivity contribution in [2.75, 3.05) is 32.1 Å². The third-order valence-corrected chi connectivity index (χ3v) is 5.06. The van der Waals surface area contributed by atoms with Crippen molar-refractivity contribution in [1.82, 2.24) is 14.9 Å². The standard InChI is InChI=1S/C16H19ClN4O3/c1-8-11-13(22)10(16(23)24)6-18-14(11)19-15(12(8)17)21-5-4-9(7-21)20(2)3/h6,9H,4-5,7H2,1-3H3,(H,23,24)(H,18,19,22). The maximum absolute atomic E-state index is 12.4. The SMILES string of the molecule is Cc1c(Cl)c(N2CCC(N(C)C)C2)nc2[nH]cc(C(=O)O)c(=O)c12. The number of hydrogen-bond donors (Lipinski definition) is 2. The predicted molar refractivity (Wildman–Crippen MR) is 93.4 cm³/mol. The molecule has 1 saturated heterocycles. The van der Waals surface area contributed by atoms with E-state index in [1.165, 1.54) is 6.20 Å². The zero-order chi connectivity index (χ0) is 17.6. The van der Waals surface area contributed by atoms with Crippen LogP contribution in [0.15, 0.2) is 11.0 Å². The van der Waals surface area contributed by atoms with Crippen LogP contribution in [0.1, 0.15) is 22.3 Å². The third kappa shape index (κ3) is 2.63. The molecule has 0 spiro atoms. The first-order valence-corrected chi connectivity index (χ1v) is 8.05. The second kappa shape index (κ2) is 6.07. The van der Waals surface area contributed by atoms with Crippen molar-refractivity contribution in [3.8, 4) is 0 Å². The molecule has 8 heteroatoms. The number of anilines is 1. The summed E-state index contributed by atoms with van der Waals surface area (Å²) in [4.78, 5) is 35.1. The fourth-order valence-electron chi connectivity index (χ4n) is 3.11. The quantitative estimate of drug-likeness (QED) is 0.876. The van der Waals surface area contributed by atoms with Gasteiger partial charge < -0.3 is 19.9 Å². The number of nitrogens with one attached hydrogen (secondary N) is 1. The highest BCUT2D eigenvalue weighted by molar-refractivity contribution is 6.34. The van der Waals surface area contributed by atoms with Crippen LogP contribution in [0.5, 0.6) is 0 Å². The molecule has 7 nitrogen and oxygen atoms in total. The second-order valence-electron chi connectivity index (χ2n) is 6.29. The topological polar surface area (TPSA) is 89.5 Å². The molecule has 2 N–H and O–H groups in total. The van der Waals surface area contributed by atoms with Crippen molar-refractivity contribution < 1.29 is 9.90 Å². The molecule has 2 aromatic heterocycles. The van der Waals surface area contributed by atoms with E-state index in [1.807, 2.05) is 14.1 Å². The molecular formula is C16H19ClN4O3. The Hall–Kier alpha value is -2.12. The molecule has 3 heterocycles. The van der Waals surface area contributed by atoms with E-state index >= 15 is 0 Å². The van der Waals surface area contributed by atoms with E-state index in [0.717, 1.165) is 19.5 Å². The molecule has 0 aromatic carbocycles. The molecule has 1 fully saturated rings. The molecule has 0 aliphatic carbocycles. The minimum Gasteiger partial charge on any atom is -0.477 e. The number of halogens is 1. The summed E-state index contributed by atoms with van der Waals surface area (Å²) in [6, 6.07) is 0.423. The van der Waals surface area contributed by atoms with Crippen molar-refractivity contribution in [3.63, 3.8) is 0 Å². The molecule has 0 radical (unpaired) electrons. The third-order valence-electron chi connectivity index (χ3n) is 4.60. The number of likely N-dealkylation sites (N-methyl/N-ethyl adjacent to an activating group) is 1. The largest absolute Gasteiger partial charge is 0.477 e. The highest BCUT2D eigenvalue weighted by Crippen LogP contribution is 2.33. The highest BCUT2D eigenvalue weighted by atomic mass is 35.5. The molecule has 0 saturated carbocycles.